The van der Waals surface area contributed by atoms with Gasteiger partial charge in [0.05, 0.1) is 0 Å². The summed E-state index contributed by atoms with van der Waals surface area (Å²) in [6, 6.07) is 0. The quantitative estimate of drug-likeness (QED) is 0.402. The van der Waals surface area contributed by atoms with Gasteiger partial charge in [0.2, 0.25) is 0 Å². The van der Waals surface area contributed by atoms with Gasteiger partial charge in [0.15, 0.2) is 0 Å². The fourth-order valence-corrected chi connectivity index (χ4v) is 0. The van der Waals surface area contributed by atoms with E-state index in [1.165, 1.54) is 0 Å². The standard InChI is InChI=1S/CH3NO2Te.Li.H/c2-1(3)4-5;;/h5H,(H2,2,3);;/q;+1;-1. The van der Waals surface area contributed by atoms with E-state index in [2.05, 4.69) is 8.83 Å². The smallest absolute Gasteiger partial charge is 1.00 e. The van der Waals surface area contributed by atoms with Crippen LogP contribution < -0.4 is 24.6 Å². The van der Waals surface area contributed by atoms with Crippen molar-refractivity contribution in [2.45, 2.75) is 0 Å². The first-order valence-corrected chi connectivity index (χ1v) is 1.92. The minimum atomic E-state index is -0.723. The van der Waals surface area contributed by atoms with E-state index in [1.54, 1.807) is 0 Å². The van der Waals surface area contributed by atoms with Crippen LogP contribution in [0.2, 0.25) is 0 Å². The van der Waals surface area contributed by atoms with E-state index in [1.807, 2.05) is 0 Å². The van der Waals surface area contributed by atoms with Gasteiger partial charge in [-0.2, -0.15) is 0 Å². The molecule has 1 amide bonds. The Kier molecular flexibility index (Phi) is 9.26. The second kappa shape index (κ2) is 5.66. The van der Waals surface area contributed by atoms with Crippen LogP contribution >= 0.6 is 0 Å². The Morgan fingerprint density at radius 3 is 2.17 bits per heavy atom. The minimum absolute atomic E-state index is 0. The monoisotopic (exact) mass is 199 g/mol. The van der Waals surface area contributed by atoms with Crippen LogP contribution in [-0.4, -0.2) is 28.8 Å². The summed E-state index contributed by atoms with van der Waals surface area (Å²) in [6.45, 7) is 0. The molecule has 0 aliphatic carbocycles. The Morgan fingerprint density at radius 1 is 2.00 bits per heavy atom. The number of carbonyl (C=O) groups is 1. The van der Waals surface area contributed by atoms with Crippen LogP contribution in [0.3, 0.4) is 0 Å². The van der Waals surface area contributed by atoms with Gasteiger partial charge in [-0.25, -0.2) is 0 Å². The molecule has 32 valence electrons. The first kappa shape index (κ1) is 9.82. The summed E-state index contributed by atoms with van der Waals surface area (Å²) in [4.78, 5) is 9.38. The van der Waals surface area contributed by atoms with Gasteiger partial charge in [-0.05, 0) is 0 Å². The molecule has 0 fully saturated rings. The Morgan fingerprint density at radius 2 is 2.17 bits per heavy atom. The number of nitrogens with two attached hydrogens (primary N) is 1. The van der Waals surface area contributed by atoms with Crippen LogP contribution in [0.5, 0.6) is 0 Å². The van der Waals surface area contributed by atoms with Crippen LogP contribution in [0, 0.1) is 0 Å². The molecule has 0 spiro atoms. The van der Waals surface area contributed by atoms with Crippen LogP contribution in [0.15, 0.2) is 0 Å². The number of hydrogen-bond acceptors (Lipinski definition) is 2. The maximum absolute atomic E-state index is 9.38. The number of amides is 1. The van der Waals surface area contributed by atoms with E-state index in [0.717, 1.165) is 22.7 Å². The molecule has 0 aliphatic rings. The van der Waals surface area contributed by atoms with E-state index in [0.29, 0.717) is 0 Å². The minimum Gasteiger partial charge on any atom is -1.00 e. The maximum Gasteiger partial charge on any atom is 1.00 e. The summed E-state index contributed by atoms with van der Waals surface area (Å²) < 4.78 is 3.94. The molecule has 3 nitrogen and oxygen atoms in total. The third-order valence-electron chi connectivity index (χ3n) is 0.0900. The van der Waals surface area contributed by atoms with Gasteiger partial charge < -0.3 is 1.43 Å². The van der Waals surface area contributed by atoms with Gasteiger partial charge in [0.25, 0.3) is 0 Å². The number of rotatable bonds is 0. The molecule has 5 heteroatoms. The summed E-state index contributed by atoms with van der Waals surface area (Å²) in [5, 5.41) is 0. The zero-order valence-electron chi connectivity index (χ0n) is 4.34. The first-order chi connectivity index (χ1) is 2.27. The maximum atomic E-state index is 9.38. The van der Waals surface area contributed by atoms with Crippen molar-refractivity contribution >= 4 is 28.8 Å². The largest absolute Gasteiger partial charge is 1.00 e. The fourth-order valence-electron chi connectivity index (χ4n) is 0. The van der Waals surface area contributed by atoms with Crippen LogP contribution in [0.4, 0.5) is 4.79 Å². The third kappa shape index (κ3) is 8.82. The van der Waals surface area contributed by atoms with Crippen molar-refractivity contribution in [3.63, 3.8) is 0 Å². The van der Waals surface area contributed by atoms with E-state index in [9.17, 15) is 4.79 Å². The molecule has 0 bridgehead atoms. The molecule has 2 N–H and O–H groups in total. The summed E-state index contributed by atoms with van der Waals surface area (Å²) in [7, 11) is 0. The molecule has 0 unspecified atom stereocenters. The molecule has 6 heavy (non-hydrogen) atoms. The molecule has 0 saturated heterocycles. The molecule has 0 aromatic carbocycles. The number of primary amides is 1. The average Bonchev–Trinajstić information content (AvgIpc) is 1.38. The molecule has 0 aromatic rings. The Hall–Kier alpha value is 0.657. The third-order valence-corrected chi connectivity index (χ3v) is 0.604. The predicted octanol–water partition coefficient (Wildman–Crippen LogP) is -3.99. The average molecular weight is 197 g/mol. The number of hydrogen-bond donors (Lipinski definition) is 1. The van der Waals surface area contributed by atoms with Crippen LogP contribution in [0.1, 0.15) is 1.43 Å². The SMILES string of the molecule is NC(=O)O[TeH].[H-].[Li+]. The van der Waals surface area contributed by atoms with Crippen molar-refractivity contribution in [3.8, 4) is 0 Å². The van der Waals surface area contributed by atoms with Crippen molar-refractivity contribution in [3.05, 3.63) is 0 Å². The zero-order chi connectivity index (χ0) is 4.28. The van der Waals surface area contributed by atoms with Crippen LogP contribution in [-0.2, 0) is 3.10 Å². The van der Waals surface area contributed by atoms with Crippen molar-refractivity contribution in [2.24, 2.45) is 5.73 Å². The van der Waals surface area contributed by atoms with E-state index < -0.39 is 6.09 Å². The fraction of sp³-hybridized carbons (Fsp3) is 0. The zero-order valence-corrected chi connectivity index (χ0v) is 5.89. The molecule has 0 aromatic heterocycles. The Balaban J connectivity index is -0.0000000800. The second-order valence-corrected chi connectivity index (χ2v) is 0.931. The van der Waals surface area contributed by atoms with Crippen molar-refractivity contribution < 1.29 is 28.2 Å². The van der Waals surface area contributed by atoms with Crippen molar-refractivity contribution in [1.29, 1.82) is 0 Å². The van der Waals surface area contributed by atoms with E-state index in [4.69, 9.17) is 0 Å². The van der Waals surface area contributed by atoms with Gasteiger partial charge in [0, 0.05) is 0 Å². The summed E-state index contributed by atoms with van der Waals surface area (Å²) in [5.74, 6) is 0. The Labute approximate surface area is 62.7 Å². The summed E-state index contributed by atoms with van der Waals surface area (Å²) in [6.07, 6.45) is -0.723. The van der Waals surface area contributed by atoms with Gasteiger partial charge in [0.1, 0.15) is 0 Å². The van der Waals surface area contributed by atoms with E-state index >= 15 is 0 Å². The summed E-state index contributed by atoms with van der Waals surface area (Å²) in [5.41, 5.74) is 4.44. The molecule has 0 saturated carbocycles. The Bertz CT molecular complexity index is 53.0. The van der Waals surface area contributed by atoms with Crippen LogP contribution in [0.25, 0.3) is 0 Å². The molecule has 0 radical (unpaired) electrons. The molecule has 0 aliphatic heterocycles. The second-order valence-electron chi connectivity index (χ2n) is 0.410. The summed E-state index contributed by atoms with van der Waals surface area (Å²) >= 11 is 0.927. The van der Waals surface area contributed by atoms with Gasteiger partial charge in [-0.15, -0.1) is 0 Å². The predicted molar refractivity (Wildman–Crippen MR) is 18.9 cm³/mol. The van der Waals surface area contributed by atoms with Crippen molar-refractivity contribution in [2.75, 3.05) is 0 Å². The van der Waals surface area contributed by atoms with E-state index in [-0.39, 0.29) is 20.3 Å². The molecular weight excluding hydrogens is 193 g/mol. The van der Waals surface area contributed by atoms with Crippen molar-refractivity contribution in [1.82, 2.24) is 0 Å². The van der Waals surface area contributed by atoms with Gasteiger partial charge in [-0.1, -0.05) is 0 Å². The molecule has 0 atom stereocenters. The molecule has 0 heterocycles. The molecule has 0 rings (SSSR count). The van der Waals surface area contributed by atoms with Gasteiger partial charge in [-0.3, -0.25) is 0 Å². The topological polar surface area (TPSA) is 52.3 Å². The first-order valence-electron chi connectivity index (χ1n) is 0.879. The normalized spacial score (nSPS) is 5.50. The number of carbonyl (C=O) groups excluding carboxylic acids is 1. The van der Waals surface area contributed by atoms with Gasteiger partial charge >= 0.3 is 61.3 Å². The molecular formula is CH4LiNO2Te.